The summed E-state index contributed by atoms with van der Waals surface area (Å²) in [5.41, 5.74) is 4.27. The van der Waals surface area contributed by atoms with E-state index in [1.165, 1.54) is 0 Å². The van der Waals surface area contributed by atoms with Crippen molar-refractivity contribution in [1.29, 1.82) is 0 Å². The zero-order valence-electron chi connectivity index (χ0n) is 9.03. The van der Waals surface area contributed by atoms with Gasteiger partial charge in [0.05, 0.1) is 6.61 Å². The summed E-state index contributed by atoms with van der Waals surface area (Å²) in [5.74, 6) is 0.216. The van der Waals surface area contributed by atoms with Gasteiger partial charge in [0.1, 0.15) is 0 Å². The van der Waals surface area contributed by atoms with Crippen molar-refractivity contribution >= 4 is 12.1 Å². The summed E-state index contributed by atoms with van der Waals surface area (Å²) < 4.78 is 4.56. The van der Waals surface area contributed by atoms with E-state index in [0.717, 1.165) is 0 Å². The van der Waals surface area contributed by atoms with Crippen LogP contribution < -0.4 is 16.2 Å². The Balaban J connectivity index is 2.08. The van der Waals surface area contributed by atoms with E-state index in [4.69, 9.17) is 0 Å². The van der Waals surface area contributed by atoms with Crippen LogP contribution in [0.3, 0.4) is 0 Å². The summed E-state index contributed by atoms with van der Waals surface area (Å²) in [7, 11) is 0. The van der Waals surface area contributed by atoms with Gasteiger partial charge in [-0.2, -0.15) is 0 Å². The van der Waals surface area contributed by atoms with Crippen LogP contribution in [0.2, 0.25) is 0 Å². The molecule has 0 aliphatic heterocycles. The van der Waals surface area contributed by atoms with Crippen molar-refractivity contribution in [2.75, 3.05) is 13.2 Å². The molecule has 6 heteroatoms. The number of urea groups is 1. The zero-order chi connectivity index (χ0) is 11.8. The van der Waals surface area contributed by atoms with Crippen LogP contribution in [0.5, 0.6) is 0 Å². The van der Waals surface area contributed by atoms with Gasteiger partial charge < -0.3 is 10.1 Å². The normalized spacial score (nSPS) is 13.6. The van der Waals surface area contributed by atoms with Gasteiger partial charge in [-0.3, -0.25) is 0 Å². The largest absolute Gasteiger partial charge is 0.449 e. The summed E-state index contributed by atoms with van der Waals surface area (Å²) in [6.45, 7) is 2.43. The van der Waals surface area contributed by atoms with E-state index in [2.05, 4.69) is 20.9 Å². The number of rotatable bonds is 3. The summed E-state index contributed by atoms with van der Waals surface area (Å²) >= 11 is 0. The molecule has 0 heterocycles. The predicted molar refractivity (Wildman–Crippen MR) is 58.5 cm³/mol. The van der Waals surface area contributed by atoms with E-state index < -0.39 is 12.1 Å². The molecule has 0 fully saturated rings. The van der Waals surface area contributed by atoms with E-state index in [9.17, 15) is 9.59 Å². The van der Waals surface area contributed by atoms with Crippen molar-refractivity contribution < 1.29 is 14.3 Å². The second-order valence-corrected chi connectivity index (χ2v) is 3.11. The first-order chi connectivity index (χ1) is 7.72. The molecule has 16 heavy (non-hydrogen) atoms. The summed E-state index contributed by atoms with van der Waals surface area (Å²) in [4.78, 5) is 22.0. The fourth-order valence-corrected chi connectivity index (χ4v) is 1.14. The lowest BCUT2D eigenvalue weighted by Gasteiger charge is -2.10. The third-order valence-electron chi connectivity index (χ3n) is 1.88. The fraction of sp³-hybridized carbons (Fsp3) is 0.400. The molecule has 1 aliphatic rings. The van der Waals surface area contributed by atoms with Gasteiger partial charge >= 0.3 is 12.1 Å². The molecule has 3 N–H and O–H groups in total. The minimum absolute atomic E-state index is 0.216. The number of amides is 3. The number of hydrogen-bond donors (Lipinski definition) is 3. The highest BCUT2D eigenvalue weighted by molar-refractivity contribution is 5.77. The Kier molecular flexibility index (Phi) is 4.91. The van der Waals surface area contributed by atoms with E-state index >= 15 is 0 Å². The van der Waals surface area contributed by atoms with Gasteiger partial charge in [0.15, 0.2) is 0 Å². The Hall–Kier alpha value is -1.98. The molecule has 0 spiro atoms. The lowest BCUT2D eigenvalue weighted by atomic mass is 10.2. The molecule has 1 aliphatic carbocycles. The van der Waals surface area contributed by atoms with E-state index in [0.29, 0.717) is 6.54 Å². The molecule has 0 saturated carbocycles. The quantitative estimate of drug-likeness (QED) is 0.618. The third-order valence-corrected chi connectivity index (χ3v) is 1.88. The van der Waals surface area contributed by atoms with Gasteiger partial charge in [0.25, 0.3) is 0 Å². The predicted octanol–water partition coefficient (Wildman–Crippen LogP) is 0.689. The monoisotopic (exact) mass is 225 g/mol. The molecule has 0 aromatic rings. The van der Waals surface area contributed by atoms with Gasteiger partial charge in [0.2, 0.25) is 0 Å². The number of carbonyl (C=O) groups excluding carboxylic acids is 2. The average Bonchev–Trinajstić information content (AvgIpc) is 2.77. The highest BCUT2D eigenvalue weighted by atomic mass is 16.6. The van der Waals surface area contributed by atoms with Gasteiger partial charge in [0, 0.05) is 12.5 Å². The van der Waals surface area contributed by atoms with Gasteiger partial charge in [-0.1, -0.05) is 24.3 Å². The number of nitrogens with one attached hydrogen (secondary N) is 3. The van der Waals surface area contributed by atoms with Crippen LogP contribution in [0.15, 0.2) is 24.3 Å². The molecule has 0 unspecified atom stereocenters. The van der Waals surface area contributed by atoms with E-state index in [-0.39, 0.29) is 12.5 Å². The first kappa shape index (κ1) is 12.1. The molecule has 1 rings (SSSR count). The second-order valence-electron chi connectivity index (χ2n) is 3.11. The zero-order valence-corrected chi connectivity index (χ0v) is 9.03. The van der Waals surface area contributed by atoms with Crippen molar-refractivity contribution in [3.63, 3.8) is 0 Å². The van der Waals surface area contributed by atoms with Crippen molar-refractivity contribution in [3.8, 4) is 0 Å². The summed E-state index contributed by atoms with van der Waals surface area (Å²) in [5, 5.41) is 2.60. The molecule has 0 aromatic heterocycles. The first-order valence-corrected chi connectivity index (χ1v) is 5.04. The van der Waals surface area contributed by atoms with Crippen LogP contribution in [0.25, 0.3) is 0 Å². The molecule has 3 amide bonds. The standard InChI is InChI=1S/C10H15N3O3/c1-2-16-10(15)13-12-9(14)11-7-8-5-3-4-6-8/h3-6,8H,2,7H2,1H3,(H,13,15)(H2,11,12,14). The van der Waals surface area contributed by atoms with Gasteiger partial charge in [-0.05, 0) is 6.92 Å². The molecule has 0 radical (unpaired) electrons. The Labute approximate surface area is 93.7 Å². The maximum absolute atomic E-state index is 11.2. The number of carbonyl (C=O) groups is 2. The lowest BCUT2D eigenvalue weighted by Crippen LogP contribution is -2.47. The minimum atomic E-state index is -0.682. The molecule has 0 saturated heterocycles. The smallest absolute Gasteiger partial charge is 0.426 e. The maximum Gasteiger partial charge on any atom is 0.426 e. The lowest BCUT2D eigenvalue weighted by molar-refractivity contribution is 0.147. The van der Waals surface area contributed by atoms with Crippen LogP contribution in [-0.4, -0.2) is 25.3 Å². The average molecular weight is 225 g/mol. The van der Waals surface area contributed by atoms with Gasteiger partial charge in [-0.25, -0.2) is 20.4 Å². The highest BCUT2D eigenvalue weighted by Crippen LogP contribution is 2.06. The van der Waals surface area contributed by atoms with Crippen molar-refractivity contribution in [3.05, 3.63) is 24.3 Å². The molecule has 88 valence electrons. The Bertz CT molecular complexity index is 300. The summed E-state index contributed by atoms with van der Waals surface area (Å²) in [6.07, 6.45) is 7.10. The Morgan fingerprint density at radius 1 is 1.25 bits per heavy atom. The number of allylic oxidation sites excluding steroid dienone is 2. The second kappa shape index (κ2) is 6.49. The Morgan fingerprint density at radius 2 is 1.94 bits per heavy atom. The molecule has 0 aromatic carbocycles. The van der Waals surface area contributed by atoms with Crippen molar-refractivity contribution in [1.82, 2.24) is 16.2 Å². The molecule has 0 atom stereocenters. The van der Waals surface area contributed by atoms with Gasteiger partial charge in [-0.15, -0.1) is 0 Å². The first-order valence-electron chi connectivity index (χ1n) is 5.04. The SMILES string of the molecule is CCOC(=O)NNC(=O)NCC1C=CC=C1. The maximum atomic E-state index is 11.2. The van der Waals surface area contributed by atoms with E-state index in [1.807, 2.05) is 24.3 Å². The molecular formula is C10H15N3O3. The summed E-state index contributed by atoms with van der Waals surface area (Å²) in [6, 6.07) is -0.471. The molecule has 0 bridgehead atoms. The van der Waals surface area contributed by atoms with Crippen LogP contribution in [0, 0.1) is 5.92 Å². The van der Waals surface area contributed by atoms with Crippen LogP contribution in [0.4, 0.5) is 9.59 Å². The molecule has 6 nitrogen and oxygen atoms in total. The topological polar surface area (TPSA) is 79.5 Å². The minimum Gasteiger partial charge on any atom is -0.449 e. The third kappa shape index (κ3) is 4.50. The Morgan fingerprint density at radius 3 is 2.56 bits per heavy atom. The molecular weight excluding hydrogens is 210 g/mol. The van der Waals surface area contributed by atoms with Crippen LogP contribution in [-0.2, 0) is 4.74 Å². The highest BCUT2D eigenvalue weighted by Gasteiger charge is 2.07. The van der Waals surface area contributed by atoms with Crippen LogP contribution >= 0.6 is 0 Å². The number of hydrazine groups is 1. The van der Waals surface area contributed by atoms with Crippen molar-refractivity contribution in [2.45, 2.75) is 6.92 Å². The van der Waals surface area contributed by atoms with E-state index in [1.54, 1.807) is 6.92 Å². The fourth-order valence-electron chi connectivity index (χ4n) is 1.14. The number of ether oxygens (including phenoxy) is 1. The van der Waals surface area contributed by atoms with Crippen LogP contribution in [0.1, 0.15) is 6.92 Å². The number of hydrogen-bond acceptors (Lipinski definition) is 3. The van der Waals surface area contributed by atoms with Crippen molar-refractivity contribution in [2.24, 2.45) is 5.92 Å².